The van der Waals surface area contributed by atoms with Gasteiger partial charge in [0.05, 0.1) is 7.11 Å². The molecule has 1 atom stereocenters. The van der Waals surface area contributed by atoms with Crippen molar-refractivity contribution in [1.82, 2.24) is 25.2 Å². The second kappa shape index (κ2) is 7.33. The fourth-order valence-electron chi connectivity index (χ4n) is 2.44. The monoisotopic (exact) mass is 395 g/mol. The maximum Gasteiger partial charge on any atom is 0.435 e. The number of carbonyl (C=O) groups is 1. The minimum absolute atomic E-state index is 0.101. The van der Waals surface area contributed by atoms with Gasteiger partial charge in [-0.15, -0.1) is 0 Å². The minimum atomic E-state index is -4.64. The molecule has 2 aromatic heterocycles. The topological polar surface area (TPSA) is 95.1 Å². The Hall–Kier alpha value is -3.37. The second-order valence-corrected chi connectivity index (χ2v) is 5.92. The van der Waals surface area contributed by atoms with Gasteiger partial charge in [0.2, 0.25) is 11.7 Å². The smallest absolute Gasteiger partial charge is 0.435 e. The van der Waals surface area contributed by atoms with Crippen molar-refractivity contribution in [3.63, 3.8) is 0 Å². The van der Waals surface area contributed by atoms with Crippen molar-refractivity contribution in [3.05, 3.63) is 47.6 Å². The van der Waals surface area contributed by atoms with Crippen LogP contribution in [0.5, 0.6) is 5.75 Å². The Balaban J connectivity index is 1.75. The first-order valence-corrected chi connectivity index (χ1v) is 8.09. The van der Waals surface area contributed by atoms with Crippen LogP contribution in [-0.2, 0) is 13.2 Å². The third-order valence-electron chi connectivity index (χ3n) is 3.89. The van der Waals surface area contributed by atoms with Crippen LogP contribution in [0, 0.1) is 0 Å². The normalized spacial score (nSPS) is 12.6. The Kier molecular flexibility index (Phi) is 5.08. The van der Waals surface area contributed by atoms with Crippen LogP contribution in [0.2, 0.25) is 0 Å². The molecule has 11 heteroatoms. The molecule has 3 rings (SSSR count). The van der Waals surface area contributed by atoms with E-state index in [-0.39, 0.29) is 17.4 Å². The highest BCUT2D eigenvalue weighted by Gasteiger charge is 2.35. The van der Waals surface area contributed by atoms with Crippen LogP contribution in [0.15, 0.2) is 34.9 Å². The molecule has 1 unspecified atom stereocenters. The zero-order valence-corrected chi connectivity index (χ0v) is 15.1. The first-order chi connectivity index (χ1) is 13.2. The predicted octanol–water partition coefficient (Wildman–Crippen LogP) is 2.99. The number of aromatic nitrogens is 4. The highest BCUT2D eigenvalue weighted by Crippen LogP contribution is 2.28. The largest absolute Gasteiger partial charge is 0.497 e. The summed E-state index contributed by atoms with van der Waals surface area (Å²) in [6.45, 7) is 1.57. The third-order valence-corrected chi connectivity index (χ3v) is 3.89. The maximum atomic E-state index is 12.7. The molecule has 3 aromatic rings. The SMILES string of the molecule is COc1cccc(-c2noc(C(C)NC(=O)c3cc(C(F)(F)F)nn3C)n2)c1. The number of nitrogens with zero attached hydrogens (tertiary/aromatic N) is 4. The molecule has 0 saturated carbocycles. The molecule has 2 heterocycles. The van der Waals surface area contributed by atoms with Crippen LogP contribution in [0.1, 0.15) is 35.0 Å². The standard InChI is InChI=1S/C17H16F3N5O3/c1-9(21-15(26)12-8-13(17(18,19)20)23-25(12)2)16-22-14(24-28-16)10-5-4-6-11(7-10)27-3/h4-9H,1-3H3,(H,21,26). The van der Waals surface area contributed by atoms with E-state index >= 15 is 0 Å². The van der Waals surface area contributed by atoms with Gasteiger partial charge in [0, 0.05) is 18.7 Å². The lowest BCUT2D eigenvalue weighted by Gasteiger charge is -2.09. The average molecular weight is 395 g/mol. The van der Waals surface area contributed by atoms with Crippen molar-refractivity contribution in [3.8, 4) is 17.1 Å². The van der Waals surface area contributed by atoms with Gasteiger partial charge in [-0.3, -0.25) is 9.48 Å². The molecular weight excluding hydrogens is 379 g/mol. The molecule has 0 saturated heterocycles. The number of benzene rings is 1. The van der Waals surface area contributed by atoms with Crippen LogP contribution in [0.3, 0.4) is 0 Å². The van der Waals surface area contributed by atoms with Crippen molar-refractivity contribution in [2.75, 3.05) is 7.11 Å². The lowest BCUT2D eigenvalue weighted by molar-refractivity contribution is -0.141. The molecule has 0 bridgehead atoms. The Bertz CT molecular complexity index is 996. The van der Waals surface area contributed by atoms with E-state index in [4.69, 9.17) is 9.26 Å². The molecule has 0 aliphatic rings. The molecule has 148 valence electrons. The van der Waals surface area contributed by atoms with Gasteiger partial charge >= 0.3 is 6.18 Å². The first kappa shape index (κ1) is 19.4. The van der Waals surface area contributed by atoms with E-state index in [1.165, 1.54) is 14.2 Å². The molecule has 0 radical (unpaired) electrons. The highest BCUT2D eigenvalue weighted by molar-refractivity contribution is 5.92. The summed E-state index contributed by atoms with van der Waals surface area (Å²) in [7, 11) is 2.78. The van der Waals surface area contributed by atoms with E-state index in [9.17, 15) is 18.0 Å². The number of methoxy groups -OCH3 is 1. The summed E-state index contributed by atoms with van der Waals surface area (Å²) in [5, 5.41) is 9.69. The van der Waals surface area contributed by atoms with Gasteiger partial charge in [-0.2, -0.15) is 23.3 Å². The van der Waals surface area contributed by atoms with Crippen molar-refractivity contribution < 1.29 is 27.2 Å². The van der Waals surface area contributed by atoms with Crippen LogP contribution in [0.25, 0.3) is 11.4 Å². The van der Waals surface area contributed by atoms with Gasteiger partial charge in [0.1, 0.15) is 17.5 Å². The fraction of sp³-hybridized carbons (Fsp3) is 0.294. The molecule has 8 nitrogen and oxygen atoms in total. The Morgan fingerprint density at radius 2 is 2.07 bits per heavy atom. The summed E-state index contributed by atoms with van der Waals surface area (Å²) < 4.78 is 49.4. The van der Waals surface area contributed by atoms with Crippen LogP contribution < -0.4 is 10.1 Å². The van der Waals surface area contributed by atoms with Crippen LogP contribution >= 0.6 is 0 Å². The summed E-state index contributed by atoms with van der Waals surface area (Å²) in [5.74, 6) is 0.250. The summed E-state index contributed by atoms with van der Waals surface area (Å²) >= 11 is 0. The van der Waals surface area contributed by atoms with E-state index in [1.54, 1.807) is 31.2 Å². The Labute approximate surface area is 157 Å². The lowest BCUT2D eigenvalue weighted by Crippen LogP contribution is -2.28. The fourth-order valence-corrected chi connectivity index (χ4v) is 2.44. The number of halogens is 3. The third kappa shape index (κ3) is 3.97. The summed E-state index contributed by atoms with van der Waals surface area (Å²) in [6, 6.07) is 6.94. The van der Waals surface area contributed by atoms with Gasteiger partial charge in [-0.05, 0) is 19.1 Å². The summed E-state index contributed by atoms with van der Waals surface area (Å²) in [6.07, 6.45) is -4.64. The van der Waals surface area contributed by atoms with E-state index < -0.39 is 23.8 Å². The van der Waals surface area contributed by atoms with Gasteiger partial charge in [0.15, 0.2) is 5.69 Å². The van der Waals surface area contributed by atoms with E-state index in [2.05, 4.69) is 20.6 Å². The summed E-state index contributed by atoms with van der Waals surface area (Å²) in [4.78, 5) is 16.5. The molecule has 28 heavy (non-hydrogen) atoms. The van der Waals surface area contributed by atoms with E-state index in [0.717, 1.165) is 4.68 Å². The van der Waals surface area contributed by atoms with E-state index in [1.807, 2.05) is 0 Å². The first-order valence-electron chi connectivity index (χ1n) is 8.09. The van der Waals surface area contributed by atoms with Crippen LogP contribution in [-0.4, -0.2) is 32.9 Å². The number of hydrogen-bond donors (Lipinski definition) is 1. The molecular formula is C17H16F3N5O3. The maximum absolute atomic E-state index is 12.7. The molecule has 0 spiro atoms. The molecule has 1 N–H and O–H groups in total. The summed E-state index contributed by atoms with van der Waals surface area (Å²) in [5.41, 5.74) is -0.744. The Morgan fingerprint density at radius 1 is 1.32 bits per heavy atom. The molecule has 1 amide bonds. The number of hydrogen-bond acceptors (Lipinski definition) is 6. The van der Waals surface area contributed by atoms with Crippen molar-refractivity contribution in [1.29, 1.82) is 0 Å². The predicted molar refractivity (Wildman–Crippen MR) is 90.4 cm³/mol. The highest BCUT2D eigenvalue weighted by atomic mass is 19.4. The quantitative estimate of drug-likeness (QED) is 0.714. The Morgan fingerprint density at radius 3 is 2.71 bits per heavy atom. The van der Waals surface area contributed by atoms with Gasteiger partial charge in [-0.1, -0.05) is 17.3 Å². The number of aryl methyl sites for hydroxylation is 1. The molecule has 0 aliphatic heterocycles. The molecule has 1 aromatic carbocycles. The molecule has 0 fully saturated rings. The van der Waals surface area contributed by atoms with Crippen LogP contribution in [0.4, 0.5) is 13.2 Å². The number of rotatable bonds is 5. The second-order valence-electron chi connectivity index (χ2n) is 5.92. The lowest BCUT2D eigenvalue weighted by atomic mass is 10.2. The van der Waals surface area contributed by atoms with Crippen molar-refractivity contribution in [2.45, 2.75) is 19.1 Å². The minimum Gasteiger partial charge on any atom is -0.497 e. The average Bonchev–Trinajstić information content (AvgIpc) is 3.28. The van der Waals surface area contributed by atoms with Gasteiger partial charge in [-0.25, -0.2) is 0 Å². The molecule has 0 aliphatic carbocycles. The number of carbonyl (C=O) groups excluding carboxylic acids is 1. The number of ether oxygens (including phenoxy) is 1. The van der Waals surface area contributed by atoms with Gasteiger partial charge < -0.3 is 14.6 Å². The van der Waals surface area contributed by atoms with Crippen molar-refractivity contribution >= 4 is 5.91 Å². The number of nitrogens with one attached hydrogen (secondary N) is 1. The van der Waals surface area contributed by atoms with Gasteiger partial charge in [0.25, 0.3) is 5.91 Å². The van der Waals surface area contributed by atoms with Crippen molar-refractivity contribution in [2.24, 2.45) is 7.05 Å². The number of alkyl halides is 3. The number of amides is 1. The zero-order valence-electron chi connectivity index (χ0n) is 15.1. The van der Waals surface area contributed by atoms with E-state index in [0.29, 0.717) is 17.4 Å². The zero-order chi connectivity index (χ0) is 20.5.